The maximum absolute atomic E-state index is 3.68. The number of hydrogen-bond donors (Lipinski definition) is 1. The zero-order valence-electron chi connectivity index (χ0n) is 11.9. The first-order chi connectivity index (χ1) is 7.43. The third-order valence-electron chi connectivity index (χ3n) is 4.09. The van der Waals surface area contributed by atoms with Gasteiger partial charge in [0.15, 0.2) is 0 Å². The molecule has 0 aromatic carbocycles. The van der Waals surface area contributed by atoms with Crippen LogP contribution >= 0.6 is 0 Å². The number of piperazine rings is 1. The number of nitrogens with zero attached hydrogens (tertiary/aromatic N) is 1. The number of hydrogen-bond acceptors (Lipinski definition) is 2. The van der Waals surface area contributed by atoms with E-state index in [1.54, 1.807) is 0 Å². The van der Waals surface area contributed by atoms with Gasteiger partial charge < -0.3 is 5.32 Å². The Kier molecular flexibility index (Phi) is 4.81. The predicted octanol–water partition coefficient (Wildman–Crippen LogP) is 3.03. The van der Waals surface area contributed by atoms with E-state index >= 15 is 0 Å². The van der Waals surface area contributed by atoms with Gasteiger partial charge in [-0.3, -0.25) is 4.90 Å². The fourth-order valence-corrected chi connectivity index (χ4v) is 2.52. The smallest absolute Gasteiger partial charge is 0.0304 e. The van der Waals surface area contributed by atoms with Gasteiger partial charge in [0, 0.05) is 24.2 Å². The molecule has 1 unspecified atom stereocenters. The van der Waals surface area contributed by atoms with E-state index in [1.165, 1.54) is 38.8 Å². The average Bonchev–Trinajstić information content (AvgIpc) is 2.24. The van der Waals surface area contributed by atoms with Crippen molar-refractivity contribution >= 4 is 0 Å². The van der Waals surface area contributed by atoms with Gasteiger partial charge in [0.1, 0.15) is 0 Å². The van der Waals surface area contributed by atoms with E-state index in [0.29, 0.717) is 5.54 Å². The molecule has 1 rings (SSSR count). The third-order valence-corrected chi connectivity index (χ3v) is 4.09. The Hall–Kier alpha value is -0.0800. The van der Waals surface area contributed by atoms with Crippen molar-refractivity contribution in [2.24, 2.45) is 0 Å². The first-order valence-corrected chi connectivity index (χ1v) is 6.93. The van der Waals surface area contributed by atoms with Crippen LogP contribution < -0.4 is 5.32 Å². The van der Waals surface area contributed by atoms with Crippen molar-refractivity contribution in [3.8, 4) is 0 Å². The highest BCUT2D eigenvalue weighted by atomic mass is 15.3. The second kappa shape index (κ2) is 5.50. The minimum Gasteiger partial charge on any atom is -0.309 e. The molecule has 2 heteroatoms. The first kappa shape index (κ1) is 14.0. The predicted molar refractivity (Wildman–Crippen MR) is 71.9 cm³/mol. The van der Waals surface area contributed by atoms with Crippen molar-refractivity contribution in [2.45, 2.75) is 71.4 Å². The van der Waals surface area contributed by atoms with Gasteiger partial charge in [0.05, 0.1) is 0 Å². The summed E-state index contributed by atoms with van der Waals surface area (Å²) in [7, 11) is 0. The average molecular weight is 226 g/mol. The van der Waals surface area contributed by atoms with Gasteiger partial charge in [-0.15, -0.1) is 0 Å². The summed E-state index contributed by atoms with van der Waals surface area (Å²) in [4.78, 5) is 2.71. The standard InChI is InChI=1S/C14H30N2/c1-6-8-9-10-16-12-13(3,4)15-11-14(16,5)7-2/h15H,6-12H2,1-5H3. The van der Waals surface area contributed by atoms with Crippen molar-refractivity contribution in [1.29, 1.82) is 0 Å². The summed E-state index contributed by atoms with van der Waals surface area (Å²) in [6.45, 7) is 15.2. The lowest BCUT2D eigenvalue weighted by molar-refractivity contribution is 0.0231. The molecular weight excluding hydrogens is 196 g/mol. The molecule has 1 fully saturated rings. The lowest BCUT2D eigenvalue weighted by Gasteiger charge is -2.51. The summed E-state index contributed by atoms with van der Waals surface area (Å²) >= 11 is 0. The van der Waals surface area contributed by atoms with E-state index in [1.807, 2.05) is 0 Å². The topological polar surface area (TPSA) is 15.3 Å². The van der Waals surface area contributed by atoms with Gasteiger partial charge >= 0.3 is 0 Å². The van der Waals surface area contributed by atoms with Crippen LogP contribution in [0.15, 0.2) is 0 Å². The van der Waals surface area contributed by atoms with Gasteiger partial charge in [0.2, 0.25) is 0 Å². The van der Waals surface area contributed by atoms with E-state index in [-0.39, 0.29) is 5.54 Å². The quantitative estimate of drug-likeness (QED) is 0.725. The summed E-state index contributed by atoms with van der Waals surface area (Å²) in [5, 5.41) is 3.68. The molecule has 0 aromatic rings. The molecule has 0 bridgehead atoms. The Morgan fingerprint density at radius 2 is 1.81 bits per heavy atom. The SMILES string of the molecule is CCCCCN1CC(C)(C)NCC1(C)CC. The van der Waals surface area contributed by atoms with Crippen LogP contribution in [0.2, 0.25) is 0 Å². The molecule has 0 aliphatic carbocycles. The second-order valence-corrected chi connectivity index (χ2v) is 6.22. The molecule has 1 aliphatic heterocycles. The largest absolute Gasteiger partial charge is 0.309 e. The highest BCUT2D eigenvalue weighted by molar-refractivity contribution is 4.99. The number of rotatable bonds is 5. The second-order valence-electron chi connectivity index (χ2n) is 6.22. The van der Waals surface area contributed by atoms with Crippen LogP contribution in [0.25, 0.3) is 0 Å². The Bertz CT molecular complexity index is 213. The van der Waals surface area contributed by atoms with Crippen LogP contribution in [0.5, 0.6) is 0 Å². The molecule has 0 spiro atoms. The van der Waals surface area contributed by atoms with E-state index in [0.717, 1.165) is 6.54 Å². The van der Waals surface area contributed by atoms with E-state index < -0.39 is 0 Å². The maximum atomic E-state index is 3.68. The minimum atomic E-state index is 0.279. The molecule has 96 valence electrons. The first-order valence-electron chi connectivity index (χ1n) is 6.93. The third kappa shape index (κ3) is 3.46. The molecule has 2 nitrogen and oxygen atoms in total. The summed E-state index contributed by atoms with van der Waals surface area (Å²) in [5.74, 6) is 0. The lowest BCUT2D eigenvalue weighted by Crippen LogP contribution is -2.67. The summed E-state index contributed by atoms with van der Waals surface area (Å²) in [6, 6.07) is 0. The minimum absolute atomic E-state index is 0.279. The van der Waals surface area contributed by atoms with Crippen LogP contribution in [0, 0.1) is 0 Å². The molecule has 0 saturated carbocycles. The summed E-state index contributed by atoms with van der Waals surface area (Å²) < 4.78 is 0. The van der Waals surface area contributed by atoms with Gasteiger partial charge in [-0.05, 0) is 40.2 Å². The molecule has 1 heterocycles. The number of nitrogens with one attached hydrogen (secondary N) is 1. The van der Waals surface area contributed by atoms with Crippen LogP contribution in [-0.2, 0) is 0 Å². The van der Waals surface area contributed by atoms with Crippen LogP contribution in [-0.4, -0.2) is 35.6 Å². The molecule has 1 N–H and O–H groups in total. The highest BCUT2D eigenvalue weighted by Gasteiger charge is 2.38. The van der Waals surface area contributed by atoms with Crippen molar-refractivity contribution in [2.75, 3.05) is 19.6 Å². The Labute approximate surface area is 102 Å². The zero-order chi connectivity index (χ0) is 12.2. The normalized spacial score (nSPS) is 30.6. The van der Waals surface area contributed by atoms with Crippen molar-refractivity contribution in [3.63, 3.8) is 0 Å². The maximum Gasteiger partial charge on any atom is 0.0304 e. The van der Waals surface area contributed by atoms with E-state index in [2.05, 4.69) is 44.8 Å². The lowest BCUT2D eigenvalue weighted by atomic mass is 9.87. The highest BCUT2D eigenvalue weighted by Crippen LogP contribution is 2.26. The van der Waals surface area contributed by atoms with Crippen LogP contribution in [0.1, 0.15) is 60.3 Å². The van der Waals surface area contributed by atoms with Crippen LogP contribution in [0.3, 0.4) is 0 Å². The van der Waals surface area contributed by atoms with Gasteiger partial charge in [0.25, 0.3) is 0 Å². The molecule has 1 atom stereocenters. The molecule has 16 heavy (non-hydrogen) atoms. The van der Waals surface area contributed by atoms with Crippen molar-refractivity contribution < 1.29 is 0 Å². The summed E-state index contributed by atoms with van der Waals surface area (Å²) in [5.41, 5.74) is 0.643. The fourth-order valence-electron chi connectivity index (χ4n) is 2.52. The van der Waals surface area contributed by atoms with E-state index in [9.17, 15) is 0 Å². The fraction of sp³-hybridized carbons (Fsp3) is 1.00. The zero-order valence-corrected chi connectivity index (χ0v) is 11.9. The monoisotopic (exact) mass is 226 g/mol. The van der Waals surface area contributed by atoms with Gasteiger partial charge in [-0.1, -0.05) is 26.7 Å². The van der Waals surface area contributed by atoms with Crippen molar-refractivity contribution in [1.82, 2.24) is 10.2 Å². The van der Waals surface area contributed by atoms with Crippen molar-refractivity contribution in [3.05, 3.63) is 0 Å². The Morgan fingerprint density at radius 1 is 1.12 bits per heavy atom. The number of unbranched alkanes of at least 4 members (excludes halogenated alkanes) is 2. The van der Waals surface area contributed by atoms with E-state index in [4.69, 9.17) is 0 Å². The molecule has 0 radical (unpaired) electrons. The molecule has 0 amide bonds. The molecule has 1 aliphatic rings. The molecule has 1 saturated heterocycles. The van der Waals surface area contributed by atoms with Gasteiger partial charge in [-0.2, -0.15) is 0 Å². The molecular formula is C14H30N2. The Morgan fingerprint density at radius 3 is 2.38 bits per heavy atom. The molecule has 0 aromatic heterocycles. The summed E-state index contributed by atoms with van der Waals surface area (Å²) in [6.07, 6.45) is 5.27. The Balaban J connectivity index is 2.58. The van der Waals surface area contributed by atoms with Gasteiger partial charge in [-0.25, -0.2) is 0 Å². The van der Waals surface area contributed by atoms with Crippen LogP contribution in [0.4, 0.5) is 0 Å².